The van der Waals surface area contributed by atoms with Crippen LogP contribution in [0.5, 0.6) is 0 Å². The van der Waals surface area contributed by atoms with E-state index in [4.69, 9.17) is 0 Å². The maximum absolute atomic E-state index is 12.7. The van der Waals surface area contributed by atoms with Gasteiger partial charge in [0.05, 0.1) is 17.6 Å². The van der Waals surface area contributed by atoms with Crippen molar-refractivity contribution >= 4 is 28.4 Å². The first-order valence-electron chi connectivity index (χ1n) is 9.81. The summed E-state index contributed by atoms with van der Waals surface area (Å²) in [5.74, 6) is 0.440. The molecule has 1 saturated heterocycles. The maximum Gasteiger partial charge on any atom is 0.270 e. The molecule has 2 aromatic heterocycles. The van der Waals surface area contributed by atoms with Crippen LogP contribution in [0.25, 0.3) is 10.9 Å². The first-order valence-corrected chi connectivity index (χ1v) is 9.81. The Morgan fingerprint density at radius 3 is 2.96 bits per heavy atom. The summed E-state index contributed by atoms with van der Waals surface area (Å²) in [5, 5.41) is 10.8. The predicted molar refractivity (Wildman–Crippen MR) is 106 cm³/mol. The smallest absolute Gasteiger partial charge is 0.270 e. The number of H-pyrrole nitrogens is 2. The molecule has 144 valence electrons. The van der Waals surface area contributed by atoms with Gasteiger partial charge in [-0.05, 0) is 55.0 Å². The maximum atomic E-state index is 12.7. The van der Waals surface area contributed by atoms with Gasteiger partial charge in [-0.25, -0.2) is 0 Å². The summed E-state index contributed by atoms with van der Waals surface area (Å²) in [4.78, 5) is 30.3. The third kappa shape index (κ3) is 2.96. The van der Waals surface area contributed by atoms with E-state index in [-0.39, 0.29) is 17.7 Å². The summed E-state index contributed by atoms with van der Waals surface area (Å²) < 4.78 is 0. The van der Waals surface area contributed by atoms with E-state index in [0.717, 1.165) is 35.9 Å². The van der Waals surface area contributed by atoms with Crippen molar-refractivity contribution in [2.45, 2.75) is 26.2 Å². The van der Waals surface area contributed by atoms with Crippen molar-refractivity contribution < 1.29 is 9.59 Å². The standard InChI is InChI=1S/C21H23N5O2/c1-12-2-4-17-13(6-12)8-19(24-17)21(28)26-10-15(11-26)20(27)23-16-3-5-18-14(7-16)9-22-25-18/h3,5,7-9,12,15,24H,2,4,6,10-11H2,1H3,(H,22,25)(H,23,27). The van der Waals surface area contributed by atoms with E-state index in [1.165, 1.54) is 11.3 Å². The fraction of sp³-hybridized carbons (Fsp3) is 0.381. The molecular formula is C21H23N5O2. The Hall–Kier alpha value is -3.09. The minimum absolute atomic E-state index is 0.00841. The molecule has 3 heterocycles. The Labute approximate surface area is 162 Å². The van der Waals surface area contributed by atoms with Gasteiger partial charge in [0.15, 0.2) is 0 Å². The SMILES string of the molecule is CC1CCc2[nH]c(C(=O)N3CC(C(=O)Nc4ccc5[nH]ncc5c4)C3)cc2C1. The van der Waals surface area contributed by atoms with E-state index < -0.39 is 0 Å². The van der Waals surface area contributed by atoms with Crippen LogP contribution in [0.15, 0.2) is 30.5 Å². The summed E-state index contributed by atoms with van der Waals surface area (Å²) >= 11 is 0. The molecule has 2 aliphatic rings. The molecule has 2 amide bonds. The highest BCUT2D eigenvalue weighted by molar-refractivity contribution is 5.98. The zero-order valence-corrected chi connectivity index (χ0v) is 15.8. The average Bonchev–Trinajstić information content (AvgIpc) is 3.25. The molecule has 1 aromatic carbocycles. The van der Waals surface area contributed by atoms with Gasteiger partial charge in [0.2, 0.25) is 5.91 Å². The number of benzene rings is 1. The Bertz CT molecular complexity index is 1060. The molecule has 0 saturated carbocycles. The topological polar surface area (TPSA) is 93.9 Å². The van der Waals surface area contributed by atoms with E-state index in [9.17, 15) is 9.59 Å². The molecule has 1 atom stereocenters. The van der Waals surface area contributed by atoms with Gasteiger partial charge in [-0.1, -0.05) is 6.92 Å². The van der Waals surface area contributed by atoms with Gasteiger partial charge in [-0.15, -0.1) is 0 Å². The van der Waals surface area contributed by atoms with E-state index in [1.54, 1.807) is 11.1 Å². The molecule has 5 rings (SSSR count). The van der Waals surface area contributed by atoms with Crippen LogP contribution in [0.1, 0.15) is 35.1 Å². The largest absolute Gasteiger partial charge is 0.354 e. The van der Waals surface area contributed by atoms with Crippen LogP contribution < -0.4 is 5.32 Å². The Morgan fingerprint density at radius 1 is 1.25 bits per heavy atom. The normalized spacial score (nSPS) is 19.3. The van der Waals surface area contributed by atoms with Gasteiger partial charge in [0.25, 0.3) is 5.91 Å². The molecule has 0 radical (unpaired) electrons. The second-order valence-electron chi connectivity index (χ2n) is 8.10. The highest BCUT2D eigenvalue weighted by Crippen LogP contribution is 2.27. The molecule has 0 spiro atoms. The Morgan fingerprint density at radius 2 is 2.11 bits per heavy atom. The highest BCUT2D eigenvalue weighted by Gasteiger charge is 2.37. The third-order valence-corrected chi connectivity index (χ3v) is 5.92. The molecule has 28 heavy (non-hydrogen) atoms. The van der Waals surface area contributed by atoms with Crippen molar-refractivity contribution in [3.63, 3.8) is 0 Å². The van der Waals surface area contributed by atoms with Crippen molar-refractivity contribution in [2.24, 2.45) is 11.8 Å². The van der Waals surface area contributed by atoms with Crippen LogP contribution in [-0.4, -0.2) is 45.0 Å². The fourth-order valence-electron chi connectivity index (χ4n) is 4.17. The first kappa shape index (κ1) is 17.0. The number of nitrogens with zero attached hydrogens (tertiary/aromatic N) is 2. The van der Waals surface area contributed by atoms with Crippen LogP contribution >= 0.6 is 0 Å². The fourth-order valence-corrected chi connectivity index (χ4v) is 4.17. The quantitative estimate of drug-likeness (QED) is 0.655. The lowest BCUT2D eigenvalue weighted by molar-refractivity contribution is -0.123. The van der Waals surface area contributed by atoms with Crippen LogP contribution in [0.2, 0.25) is 0 Å². The number of hydrogen-bond acceptors (Lipinski definition) is 3. The highest BCUT2D eigenvalue weighted by atomic mass is 16.2. The van der Waals surface area contributed by atoms with Crippen LogP contribution in [0, 0.1) is 11.8 Å². The zero-order chi connectivity index (χ0) is 19.3. The summed E-state index contributed by atoms with van der Waals surface area (Å²) in [5.41, 5.74) is 4.80. The van der Waals surface area contributed by atoms with Crippen LogP contribution in [-0.2, 0) is 17.6 Å². The minimum Gasteiger partial charge on any atom is -0.354 e. The Kier molecular flexibility index (Phi) is 3.96. The molecule has 1 fully saturated rings. The molecule has 1 aliphatic carbocycles. The molecule has 3 aromatic rings. The van der Waals surface area contributed by atoms with Gasteiger partial charge in [-0.2, -0.15) is 5.10 Å². The number of amides is 2. The molecule has 7 heteroatoms. The van der Waals surface area contributed by atoms with Crippen molar-refractivity contribution in [3.05, 3.63) is 47.4 Å². The van der Waals surface area contributed by atoms with E-state index in [0.29, 0.717) is 24.7 Å². The van der Waals surface area contributed by atoms with Crippen LogP contribution in [0.4, 0.5) is 5.69 Å². The second-order valence-corrected chi connectivity index (χ2v) is 8.10. The third-order valence-electron chi connectivity index (χ3n) is 5.92. The number of carbonyl (C=O) groups is 2. The molecule has 7 nitrogen and oxygen atoms in total. The van der Waals surface area contributed by atoms with Crippen molar-refractivity contribution in [1.82, 2.24) is 20.1 Å². The number of nitrogens with one attached hydrogen (secondary N) is 3. The minimum atomic E-state index is -0.173. The Balaban J connectivity index is 1.19. The summed E-state index contributed by atoms with van der Waals surface area (Å²) in [6.07, 6.45) is 4.93. The van der Waals surface area contributed by atoms with Crippen molar-refractivity contribution in [3.8, 4) is 0 Å². The van der Waals surface area contributed by atoms with Gasteiger partial charge >= 0.3 is 0 Å². The number of likely N-dealkylation sites (tertiary alicyclic amines) is 1. The number of anilines is 1. The van der Waals surface area contributed by atoms with E-state index in [2.05, 4.69) is 27.4 Å². The number of carbonyl (C=O) groups excluding carboxylic acids is 2. The molecule has 3 N–H and O–H groups in total. The molecule has 1 aliphatic heterocycles. The first-order chi connectivity index (χ1) is 13.6. The number of fused-ring (bicyclic) bond motifs is 2. The number of rotatable bonds is 3. The lowest BCUT2D eigenvalue weighted by Gasteiger charge is -2.37. The number of hydrogen-bond donors (Lipinski definition) is 3. The lowest BCUT2D eigenvalue weighted by atomic mass is 9.89. The van der Waals surface area contributed by atoms with Crippen molar-refractivity contribution in [1.29, 1.82) is 0 Å². The van der Waals surface area contributed by atoms with Gasteiger partial charge in [-0.3, -0.25) is 14.7 Å². The lowest BCUT2D eigenvalue weighted by Crippen LogP contribution is -2.54. The molecule has 0 bridgehead atoms. The number of aromatic nitrogens is 3. The van der Waals surface area contributed by atoms with Gasteiger partial charge in [0, 0.05) is 29.9 Å². The van der Waals surface area contributed by atoms with E-state index in [1.807, 2.05) is 24.3 Å². The zero-order valence-electron chi connectivity index (χ0n) is 15.8. The molecule has 1 unspecified atom stereocenters. The predicted octanol–water partition coefficient (Wildman–Crippen LogP) is 2.73. The molecular weight excluding hydrogens is 354 g/mol. The summed E-state index contributed by atoms with van der Waals surface area (Å²) in [7, 11) is 0. The van der Waals surface area contributed by atoms with E-state index >= 15 is 0 Å². The number of aryl methyl sites for hydroxylation is 1. The summed E-state index contributed by atoms with van der Waals surface area (Å²) in [6, 6.07) is 7.64. The second kappa shape index (κ2) is 6.51. The monoisotopic (exact) mass is 377 g/mol. The summed E-state index contributed by atoms with van der Waals surface area (Å²) in [6.45, 7) is 3.16. The van der Waals surface area contributed by atoms with Crippen LogP contribution in [0.3, 0.4) is 0 Å². The number of aromatic amines is 2. The van der Waals surface area contributed by atoms with Gasteiger partial charge < -0.3 is 15.2 Å². The van der Waals surface area contributed by atoms with Gasteiger partial charge in [0.1, 0.15) is 5.69 Å². The average molecular weight is 377 g/mol. The van der Waals surface area contributed by atoms with Crippen molar-refractivity contribution in [2.75, 3.05) is 18.4 Å².